The molecular formula is C8H5BF3NO2. The third-order valence-corrected chi connectivity index (χ3v) is 1.78. The van der Waals surface area contributed by atoms with Gasteiger partial charge in [-0.15, -0.1) is 0 Å². The Hall–Kier alpha value is -1.52. The molecule has 2 N–H and O–H groups in total. The molecule has 3 nitrogen and oxygen atoms in total. The Morgan fingerprint density at radius 2 is 1.87 bits per heavy atom. The second-order valence-electron chi connectivity index (χ2n) is 2.79. The molecule has 0 aromatic heterocycles. The highest BCUT2D eigenvalue weighted by molar-refractivity contribution is 6.59. The Morgan fingerprint density at radius 3 is 2.27 bits per heavy atom. The van der Waals surface area contributed by atoms with E-state index in [0.717, 1.165) is 6.07 Å². The molecule has 0 bridgehead atoms. The summed E-state index contributed by atoms with van der Waals surface area (Å²) >= 11 is 0. The molecule has 0 aliphatic heterocycles. The van der Waals surface area contributed by atoms with Crippen LogP contribution in [0.15, 0.2) is 18.2 Å². The summed E-state index contributed by atoms with van der Waals surface area (Å²) in [4.78, 5) is 0. The first-order chi connectivity index (χ1) is 6.86. The zero-order valence-electron chi connectivity index (χ0n) is 7.28. The highest BCUT2D eigenvalue weighted by Gasteiger charge is 2.31. The van der Waals surface area contributed by atoms with Crippen molar-refractivity contribution in [3.05, 3.63) is 29.3 Å². The Labute approximate surface area is 83.5 Å². The Morgan fingerprint density at radius 1 is 1.27 bits per heavy atom. The van der Waals surface area contributed by atoms with E-state index in [1.807, 2.05) is 0 Å². The second kappa shape index (κ2) is 3.92. The van der Waals surface area contributed by atoms with Crippen molar-refractivity contribution < 1.29 is 23.2 Å². The van der Waals surface area contributed by atoms with E-state index in [-0.39, 0.29) is 5.46 Å². The summed E-state index contributed by atoms with van der Waals surface area (Å²) < 4.78 is 36.6. The van der Waals surface area contributed by atoms with Gasteiger partial charge in [-0.1, -0.05) is 12.1 Å². The van der Waals surface area contributed by atoms with Crippen LogP contribution in [0.2, 0.25) is 0 Å². The molecule has 0 radical (unpaired) electrons. The fraction of sp³-hybridized carbons (Fsp3) is 0.125. The van der Waals surface area contributed by atoms with Crippen molar-refractivity contribution in [3.63, 3.8) is 0 Å². The van der Waals surface area contributed by atoms with Gasteiger partial charge in [-0.05, 0) is 11.5 Å². The molecule has 1 aromatic rings. The van der Waals surface area contributed by atoms with E-state index in [4.69, 9.17) is 15.3 Å². The Balaban J connectivity index is 3.27. The van der Waals surface area contributed by atoms with Crippen LogP contribution in [0, 0.1) is 11.3 Å². The van der Waals surface area contributed by atoms with Gasteiger partial charge in [-0.2, -0.15) is 18.4 Å². The van der Waals surface area contributed by atoms with Gasteiger partial charge in [0.25, 0.3) is 0 Å². The third kappa shape index (κ3) is 2.49. The summed E-state index contributed by atoms with van der Waals surface area (Å²) in [5.41, 5.74) is -1.64. The van der Waals surface area contributed by atoms with Gasteiger partial charge in [0, 0.05) is 0 Å². The van der Waals surface area contributed by atoms with E-state index in [0.29, 0.717) is 12.1 Å². The molecule has 15 heavy (non-hydrogen) atoms. The third-order valence-electron chi connectivity index (χ3n) is 1.78. The van der Waals surface area contributed by atoms with Gasteiger partial charge in [0.2, 0.25) is 0 Å². The van der Waals surface area contributed by atoms with Crippen LogP contribution in [0.5, 0.6) is 0 Å². The fourth-order valence-electron chi connectivity index (χ4n) is 1.05. The van der Waals surface area contributed by atoms with Gasteiger partial charge < -0.3 is 10.0 Å². The maximum Gasteiger partial charge on any atom is 0.489 e. The predicted molar refractivity (Wildman–Crippen MR) is 46.0 cm³/mol. The molecule has 0 aliphatic carbocycles. The molecule has 1 rings (SSSR count). The van der Waals surface area contributed by atoms with E-state index in [1.54, 1.807) is 0 Å². The van der Waals surface area contributed by atoms with Crippen molar-refractivity contribution in [3.8, 4) is 6.07 Å². The van der Waals surface area contributed by atoms with Gasteiger partial charge in [-0.25, -0.2) is 0 Å². The monoisotopic (exact) mass is 215 g/mol. The standard InChI is InChI=1S/C8H5BF3NO2/c10-8(11,12)6-1-2-7(9(14)15)5(3-6)4-13/h1-3,14-15H. The molecule has 1 aromatic carbocycles. The summed E-state index contributed by atoms with van der Waals surface area (Å²) in [6.45, 7) is 0. The molecule has 78 valence electrons. The fourth-order valence-corrected chi connectivity index (χ4v) is 1.05. The molecule has 0 aliphatic rings. The minimum Gasteiger partial charge on any atom is -0.423 e. The zero-order chi connectivity index (χ0) is 11.6. The maximum absolute atomic E-state index is 12.2. The van der Waals surface area contributed by atoms with Crippen LogP contribution in [0.3, 0.4) is 0 Å². The molecular weight excluding hydrogens is 210 g/mol. The molecule has 0 amide bonds. The second-order valence-corrected chi connectivity index (χ2v) is 2.79. The Bertz CT molecular complexity index is 411. The van der Waals surface area contributed by atoms with Crippen molar-refractivity contribution in [2.45, 2.75) is 6.18 Å². The zero-order valence-corrected chi connectivity index (χ0v) is 7.28. The van der Waals surface area contributed by atoms with Crippen LogP contribution in [0.25, 0.3) is 0 Å². The quantitative estimate of drug-likeness (QED) is 0.660. The minimum atomic E-state index is -4.55. The lowest BCUT2D eigenvalue weighted by Crippen LogP contribution is -2.32. The smallest absolute Gasteiger partial charge is 0.423 e. The first kappa shape index (κ1) is 11.6. The molecule has 0 unspecified atom stereocenters. The summed E-state index contributed by atoms with van der Waals surface area (Å²) in [5, 5.41) is 26.0. The molecule has 0 heterocycles. The van der Waals surface area contributed by atoms with Crippen molar-refractivity contribution >= 4 is 12.6 Å². The van der Waals surface area contributed by atoms with Crippen molar-refractivity contribution in [1.82, 2.24) is 0 Å². The number of rotatable bonds is 1. The van der Waals surface area contributed by atoms with E-state index in [1.165, 1.54) is 6.07 Å². The summed E-state index contributed by atoms with van der Waals surface area (Å²) in [7, 11) is -1.96. The number of nitrogens with zero attached hydrogens (tertiary/aromatic N) is 1. The lowest BCUT2D eigenvalue weighted by atomic mass is 9.77. The molecule has 0 saturated heterocycles. The van der Waals surface area contributed by atoms with Crippen molar-refractivity contribution in [2.24, 2.45) is 0 Å². The number of halogens is 3. The summed E-state index contributed by atoms with van der Waals surface area (Å²) in [5.74, 6) is 0. The SMILES string of the molecule is N#Cc1cc(C(F)(F)F)ccc1B(O)O. The lowest BCUT2D eigenvalue weighted by molar-refractivity contribution is -0.137. The van der Waals surface area contributed by atoms with Gasteiger partial charge in [-0.3, -0.25) is 0 Å². The molecule has 0 atom stereocenters. The Kier molecular flexibility index (Phi) is 3.02. The largest absolute Gasteiger partial charge is 0.489 e. The summed E-state index contributed by atoms with van der Waals surface area (Å²) in [6.07, 6.45) is -4.55. The van der Waals surface area contributed by atoms with Gasteiger partial charge in [0.05, 0.1) is 17.2 Å². The van der Waals surface area contributed by atoms with Crippen LogP contribution in [-0.4, -0.2) is 17.2 Å². The number of hydrogen-bond donors (Lipinski definition) is 2. The lowest BCUT2D eigenvalue weighted by Gasteiger charge is -2.08. The predicted octanol–water partition coefficient (Wildman–Crippen LogP) is 0.257. The van der Waals surface area contributed by atoms with Crippen LogP contribution in [0.4, 0.5) is 13.2 Å². The number of benzene rings is 1. The highest BCUT2D eigenvalue weighted by atomic mass is 19.4. The number of hydrogen-bond acceptors (Lipinski definition) is 3. The van der Waals surface area contributed by atoms with Gasteiger partial charge in [0.15, 0.2) is 0 Å². The van der Waals surface area contributed by atoms with Crippen molar-refractivity contribution in [1.29, 1.82) is 5.26 Å². The first-order valence-corrected chi connectivity index (χ1v) is 3.83. The van der Waals surface area contributed by atoms with Gasteiger partial charge >= 0.3 is 13.3 Å². The van der Waals surface area contributed by atoms with Crippen LogP contribution >= 0.6 is 0 Å². The average molecular weight is 215 g/mol. The van der Waals surface area contributed by atoms with E-state index in [9.17, 15) is 13.2 Å². The number of nitriles is 1. The molecule has 0 fully saturated rings. The molecule has 0 spiro atoms. The number of alkyl halides is 3. The van der Waals surface area contributed by atoms with E-state index < -0.39 is 24.4 Å². The summed E-state index contributed by atoms with van der Waals surface area (Å²) in [6, 6.07) is 3.60. The maximum atomic E-state index is 12.2. The minimum absolute atomic E-state index is 0.245. The average Bonchev–Trinajstić information content (AvgIpc) is 2.15. The molecule has 7 heteroatoms. The normalized spacial score (nSPS) is 10.9. The van der Waals surface area contributed by atoms with Crippen LogP contribution < -0.4 is 5.46 Å². The van der Waals surface area contributed by atoms with E-state index in [2.05, 4.69) is 0 Å². The topological polar surface area (TPSA) is 64.2 Å². The molecule has 0 saturated carbocycles. The van der Waals surface area contributed by atoms with Crippen LogP contribution in [-0.2, 0) is 6.18 Å². The first-order valence-electron chi connectivity index (χ1n) is 3.83. The van der Waals surface area contributed by atoms with Crippen LogP contribution in [0.1, 0.15) is 11.1 Å². The van der Waals surface area contributed by atoms with Crippen molar-refractivity contribution in [2.75, 3.05) is 0 Å². The van der Waals surface area contributed by atoms with Gasteiger partial charge in [0.1, 0.15) is 0 Å². The highest BCUT2D eigenvalue weighted by Crippen LogP contribution is 2.29. The van der Waals surface area contributed by atoms with E-state index >= 15 is 0 Å².